The molecule has 8 heavy (non-hydrogen) atoms. The van der Waals surface area contributed by atoms with Crippen LogP contribution in [0, 0.1) is 0 Å². The van der Waals surface area contributed by atoms with Gasteiger partial charge in [0.2, 0.25) is 0 Å². The number of hydrogen-bond donors (Lipinski definition) is 0. The number of rotatable bonds is 0. The molecule has 0 radical (unpaired) electrons. The number of alkyl halides is 2. The van der Waals surface area contributed by atoms with Crippen LogP contribution in [0.5, 0.6) is 0 Å². The molecule has 1 aliphatic heterocycles. The smallest absolute Gasteiger partial charge is 0.379 e. The van der Waals surface area contributed by atoms with Gasteiger partial charge in [-0.25, -0.2) is 0 Å². The molecule has 1 heterocycles. The molecule has 1 rings (SSSR count). The standard InChI is InChI=1S/C3H2F3NO/c4-3(5)1-2-8-7(3)6/h1-2H. The van der Waals surface area contributed by atoms with E-state index in [0.717, 1.165) is 0 Å². The van der Waals surface area contributed by atoms with Crippen molar-refractivity contribution in [2.45, 2.75) is 6.05 Å². The van der Waals surface area contributed by atoms with Gasteiger partial charge in [0.05, 0.1) is 5.29 Å². The van der Waals surface area contributed by atoms with Crippen molar-refractivity contribution in [3.63, 3.8) is 0 Å². The average Bonchev–Trinajstić information content (AvgIpc) is 1.86. The van der Waals surface area contributed by atoms with E-state index in [0.29, 0.717) is 12.3 Å². The first kappa shape index (κ1) is 5.43. The quantitative estimate of drug-likeness (QED) is 0.356. The molecule has 0 N–H and O–H groups in total. The number of halogens is 3. The first-order valence-electron chi connectivity index (χ1n) is 1.81. The summed E-state index contributed by atoms with van der Waals surface area (Å²) >= 11 is 0. The van der Waals surface area contributed by atoms with Crippen LogP contribution in [0.4, 0.5) is 13.3 Å². The van der Waals surface area contributed by atoms with Crippen LogP contribution >= 0.6 is 0 Å². The Morgan fingerprint density at radius 1 is 1.50 bits per heavy atom. The second-order valence-electron chi connectivity index (χ2n) is 1.24. The molecule has 0 aromatic carbocycles. The minimum Gasteiger partial charge on any atom is -0.379 e. The van der Waals surface area contributed by atoms with E-state index in [1.54, 1.807) is 0 Å². The Hall–Kier alpha value is -0.710. The topological polar surface area (TPSA) is 12.5 Å². The van der Waals surface area contributed by atoms with Crippen LogP contribution in [0.25, 0.3) is 0 Å². The highest BCUT2D eigenvalue weighted by Gasteiger charge is 2.41. The van der Waals surface area contributed by atoms with Crippen LogP contribution in [0.15, 0.2) is 12.3 Å². The summed E-state index contributed by atoms with van der Waals surface area (Å²) in [5.41, 5.74) is 0. The summed E-state index contributed by atoms with van der Waals surface area (Å²) in [4.78, 5) is 3.60. The van der Waals surface area contributed by atoms with E-state index in [2.05, 4.69) is 4.84 Å². The lowest BCUT2D eigenvalue weighted by atomic mass is 10.6. The van der Waals surface area contributed by atoms with Crippen molar-refractivity contribution in [2.75, 3.05) is 0 Å². The highest BCUT2D eigenvalue weighted by atomic mass is 19.3. The molecular formula is C3H2F3NO. The molecule has 0 aliphatic carbocycles. The molecule has 0 unspecified atom stereocenters. The molecule has 1 aliphatic rings. The lowest BCUT2D eigenvalue weighted by molar-refractivity contribution is -0.346. The van der Waals surface area contributed by atoms with Crippen LogP contribution in [-0.4, -0.2) is 11.3 Å². The molecule has 2 nitrogen and oxygen atoms in total. The van der Waals surface area contributed by atoms with E-state index in [-0.39, 0.29) is 0 Å². The molecule has 0 atom stereocenters. The van der Waals surface area contributed by atoms with Crippen molar-refractivity contribution in [3.8, 4) is 0 Å². The fraction of sp³-hybridized carbons (Fsp3) is 0.333. The van der Waals surface area contributed by atoms with E-state index < -0.39 is 11.3 Å². The summed E-state index contributed by atoms with van der Waals surface area (Å²) in [6.45, 7) is 0. The fourth-order valence-electron chi connectivity index (χ4n) is 0.295. The first-order chi connectivity index (χ1) is 3.63. The molecule has 46 valence electrons. The summed E-state index contributed by atoms with van der Waals surface area (Å²) in [6, 6.07) is -3.58. The Bertz CT molecular complexity index is 124. The molecule has 0 aromatic rings. The maximum absolute atomic E-state index is 11.7. The maximum atomic E-state index is 11.7. The van der Waals surface area contributed by atoms with E-state index in [1.165, 1.54) is 0 Å². The maximum Gasteiger partial charge on any atom is 0.386 e. The average molecular weight is 125 g/mol. The second kappa shape index (κ2) is 1.38. The number of hydrogen-bond acceptors (Lipinski definition) is 2. The van der Waals surface area contributed by atoms with E-state index >= 15 is 0 Å². The Morgan fingerprint density at radius 2 is 2.12 bits per heavy atom. The first-order valence-corrected chi connectivity index (χ1v) is 1.81. The Labute approximate surface area is 43.0 Å². The zero-order valence-corrected chi connectivity index (χ0v) is 3.64. The largest absolute Gasteiger partial charge is 0.386 e. The predicted octanol–water partition coefficient (Wildman–Crippen LogP) is 1.22. The van der Waals surface area contributed by atoms with Crippen molar-refractivity contribution >= 4 is 0 Å². The third-order valence-electron chi connectivity index (χ3n) is 0.656. The lowest BCUT2D eigenvalue weighted by Gasteiger charge is -2.08. The summed E-state index contributed by atoms with van der Waals surface area (Å²) in [5.74, 6) is 0. The van der Waals surface area contributed by atoms with Crippen molar-refractivity contribution in [1.29, 1.82) is 0 Å². The minimum absolute atomic E-state index is 0.312. The second-order valence-corrected chi connectivity index (χ2v) is 1.24. The van der Waals surface area contributed by atoms with Crippen LogP contribution in [0.1, 0.15) is 0 Å². The SMILES string of the molecule is FN1OC=CC1(F)F. The Morgan fingerprint density at radius 3 is 2.25 bits per heavy atom. The van der Waals surface area contributed by atoms with Gasteiger partial charge in [0.25, 0.3) is 0 Å². The van der Waals surface area contributed by atoms with Gasteiger partial charge in [-0.2, -0.15) is 8.78 Å². The molecule has 5 heteroatoms. The summed E-state index contributed by atoms with van der Waals surface area (Å²) < 4.78 is 34.9. The van der Waals surface area contributed by atoms with Crippen molar-refractivity contribution in [3.05, 3.63) is 12.3 Å². The monoisotopic (exact) mass is 125 g/mol. The van der Waals surface area contributed by atoms with E-state index in [9.17, 15) is 13.3 Å². The summed E-state index contributed by atoms with van der Waals surface area (Å²) in [7, 11) is 0. The highest BCUT2D eigenvalue weighted by Crippen LogP contribution is 2.26. The molecule has 0 fully saturated rings. The van der Waals surface area contributed by atoms with Crippen LogP contribution in [0.3, 0.4) is 0 Å². The van der Waals surface area contributed by atoms with Gasteiger partial charge < -0.3 is 4.84 Å². The van der Waals surface area contributed by atoms with Gasteiger partial charge in [0, 0.05) is 6.08 Å². The Kier molecular flexibility index (Phi) is 0.937. The van der Waals surface area contributed by atoms with Crippen molar-refractivity contribution in [2.24, 2.45) is 0 Å². The van der Waals surface area contributed by atoms with Gasteiger partial charge >= 0.3 is 6.05 Å². The summed E-state index contributed by atoms with van der Waals surface area (Å²) in [5, 5.41) is -1.02. The lowest BCUT2D eigenvalue weighted by Crippen LogP contribution is -2.26. The normalized spacial score (nSPS) is 25.9. The minimum atomic E-state index is -3.58. The van der Waals surface area contributed by atoms with Crippen molar-refractivity contribution in [1.82, 2.24) is 5.29 Å². The molecule has 0 spiro atoms. The van der Waals surface area contributed by atoms with Crippen LogP contribution < -0.4 is 0 Å². The van der Waals surface area contributed by atoms with Gasteiger partial charge in [0.15, 0.2) is 0 Å². The molecule has 0 saturated carbocycles. The summed E-state index contributed by atoms with van der Waals surface area (Å²) in [6.07, 6.45) is 0.896. The third kappa shape index (κ3) is 0.645. The molecule has 0 bridgehead atoms. The van der Waals surface area contributed by atoms with Crippen molar-refractivity contribution < 1.29 is 18.1 Å². The fourth-order valence-corrected chi connectivity index (χ4v) is 0.295. The van der Waals surface area contributed by atoms with Gasteiger partial charge in [0.1, 0.15) is 6.26 Å². The Balaban J connectivity index is 2.67. The molecule has 0 aromatic heterocycles. The number of hydroxylamine groups is 1. The molecule has 0 saturated heterocycles. The van der Waals surface area contributed by atoms with E-state index in [4.69, 9.17) is 0 Å². The van der Waals surface area contributed by atoms with Gasteiger partial charge in [-0.1, -0.05) is 4.48 Å². The molecule has 0 amide bonds. The van der Waals surface area contributed by atoms with Crippen LogP contribution in [0.2, 0.25) is 0 Å². The van der Waals surface area contributed by atoms with Gasteiger partial charge in [-0.3, -0.25) is 0 Å². The van der Waals surface area contributed by atoms with E-state index in [1.807, 2.05) is 0 Å². The zero-order valence-electron chi connectivity index (χ0n) is 3.64. The zero-order chi connectivity index (χ0) is 6.20. The predicted molar refractivity (Wildman–Crippen MR) is 18.1 cm³/mol. The van der Waals surface area contributed by atoms with Gasteiger partial charge in [-0.15, -0.1) is 0 Å². The molecular weight excluding hydrogens is 123 g/mol. The highest BCUT2D eigenvalue weighted by molar-refractivity contribution is 4.90. The third-order valence-corrected chi connectivity index (χ3v) is 0.656. The number of nitrogens with zero attached hydrogens (tertiary/aromatic N) is 1. The van der Waals surface area contributed by atoms with Crippen LogP contribution in [-0.2, 0) is 4.84 Å². The van der Waals surface area contributed by atoms with Gasteiger partial charge in [-0.05, 0) is 0 Å².